The van der Waals surface area contributed by atoms with Crippen molar-refractivity contribution in [3.05, 3.63) is 0 Å². The number of hydrogen-bond donors (Lipinski definition) is 1. The Bertz CT molecular complexity index is 136. The van der Waals surface area contributed by atoms with E-state index in [0.717, 1.165) is 0 Å². The van der Waals surface area contributed by atoms with Crippen LogP contribution < -0.4 is 5.43 Å². The van der Waals surface area contributed by atoms with E-state index in [9.17, 15) is 0 Å². The molecule has 0 aromatic carbocycles. The molecule has 0 aromatic rings. The number of hydrogen-bond acceptors (Lipinski definition) is 2. The summed E-state index contributed by atoms with van der Waals surface area (Å²) in [6.45, 7) is 2.30. The van der Waals surface area contributed by atoms with Crippen molar-refractivity contribution in [2.24, 2.45) is 0 Å². The van der Waals surface area contributed by atoms with Gasteiger partial charge in [0, 0.05) is 6.42 Å². The van der Waals surface area contributed by atoms with Crippen molar-refractivity contribution in [2.45, 2.75) is 24.5 Å². The molecular formula is C4H6N2. The topological polar surface area (TPSA) is 25.0 Å². The molecule has 2 nitrogen and oxygen atoms in total. The maximum absolute atomic E-state index is 3.22. The summed E-state index contributed by atoms with van der Waals surface area (Å²) in [7, 11) is 0. The second-order valence-corrected chi connectivity index (χ2v) is 2.76. The van der Waals surface area contributed by atoms with Crippen LogP contribution >= 0.6 is 0 Å². The fourth-order valence-electron chi connectivity index (χ4n) is 1.49. The highest BCUT2D eigenvalue weighted by molar-refractivity contribution is 5.50. The first-order valence-electron chi connectivity index (χ1n) is 2.38. The van der Waals surface area contributed by atoms with Crippen LogP contribution in [0.3, 0.4) is 0 Å². The van der Waals surface area contributed by atoms with Gasteiger partial charge < -0.3 is 0 Å². The fourth-order valence-corrected chi connectivity index (χ4v) is 1.49. The first-order chi connectivity index (χ1) is 2.80. The lowest BCUT2D eigenvalue weighted by molar-refractivity contribution is 0.470. The summed E-state index contributed by atoms with van der Waals surface area (Å²) in [5.74, 6) is 0. The van der Waals surface area contributed by atoms with Crippen LogP contribution in [-0.2, 0) is 0 Å². The van der Waals surface area contributed by atoms with Crippen LogP contribution in [0.5, 0.6) is 0 Å². The van der Waals surface area contributed by atoms with E-state index in [2.05, 4.69) is 17.4 Å². The number of fused-ring (bicyclic) bond motifs is 1. The highest BCUT2D eigenvalue weighted by atomic mass is 16.0. The number of nitrogens with one attached hydrogen (secondary N) is 1. The van der Waals surface area contributed by atoms with E-state index < -0.39 is 0 Å². The van der Waals surface area contributed by atoms with Gasteiger partial charge in [-0.2, -0.15) is 0 Å². The number of hydrazine groups is 1. The summed E-state index contributed by atoms with van der Waals surface area (Å²) in [4.78, 5) is 0. The van der Waals surface area contributed by atoms with Crippen molar-refractivity contribution < 1.29 is 0 Å². The number of nitrogens with zero attached hydrogens (tertiary/aromatic N) is 1. The van der Waals surface area contributed by atoms with Gasteiger partial charge in [-0.25, -0.2) is 10.4 Å². The fraction of sp³-hybridized carbons (Fsp3) is 1.00. The van der Waals surface area contributed by atoms with Crippen LogP contribution in [0.25, 0.3) is 0 Å². The third-order valence-corrected chi connectivity index (χ3v) is 2.44. The summed E-state index contributed by atoms with van der Waals surface area (Å²) >= 11 is 0. The zero-order valence-corrected chi connectivity index (χ0v) is 3.65. The summed E-state index contributed by atoms with van der Waals surface area (Å²) in [5.41, 5.74) is 4.50. The minimum atomic E-state index is 0.604. The van der Waals surface area contributed by atoms with Gasteiger partial charge in [0.15, 0.2) is 0 Å². The molecule has 2 aliphatic heterocycles. The second-order valence-electron chi connectivity index (χ2n) is 2.76. The van der Waals surface area contributed by atoms with Crippen molar-refractivity contribution in [2.75, 3.05) is 0 Å². The first kappa shape index (κ1) is 2.28. The lowest BCUT2D eigenvalue weighted by Crippen LogP contribution is -2.12. The maximum atomic E-state index is 3.22. The van der Waals surface area contributed by atoms with Gasteiger partial charge in [0.1, 0.15) is 5.66 Å². The summed E-state index contributed by atoms with van der Waals surface area (Å²) in [6.07, 6.45) is 1.40. The van der Waals surface area contributed by atoms with E-state index in [4.69, 9.17) is 0 Å². The highest BCUT2D eigenvalue weighted by Crippen LogP contribution is 2.80. The van der Waals surface area contributed by atoms with Crippen molar-refractivity contribution in [1.29, 1.82) is 0 Å². The zero-order valence-electron chi connectivity index (χ0n) is 3.65. The molecule has 3 unspecified atom stereocenters. The monoisotopic (exact) mass is 82.1 g/mol. The van der Waals surface area contributed by atoms with Gasteiger partial charge in [-0.1, -0.05) is 0 Å². The third kappa shape index (κ3) is 0.0497. The van der Waals surface area contributed by atoms with Crippen LogP contribution in [0.4, 0.5) is 0 Å². The molecule has 2 saturated heterocycles. The van der Waals surface area contributed by atoms with Crippen LogP contribution in [0.1, 0.15) is 13.3 Å². The molecular weight excluding hydrogens is 76.1 g/mol. The molecule has 2 heteroatoms. The quantitative estimate of drug-likeness (QED) is 0.405. The molecule has 32 valence electrons. The van der Waals surface area contributed by atoms with E-state index in [0.29, 0.717) is 11.2 Å². The van der Waals surface area contributed by atoms with E-state index in [-0.39, 0.29) is 0 Å². The molecule has 6 heavy (non-hydrogen) atoms. The average Bonchev–Trinajstić information content (AvgIpc) is 2.27. The van der Waals surface area contributed by atoms with E-state index in [1.807, 2.05) is 0 Å². The lowest BCUT2D eigenvalue weighted by Gasteiger charge is -1.91. The Kier molecular flexibility index (Phi) is 0.101. The molecule has 3 fully saturated rings. The first-order valence-corrected chi connectivity index (χ1v) is 2.38. The molecule has 1 aliphatic carbocycles. The molecule has 1 spiro atoms. The number of rotatable bonds is 0. The minimum absolute atomic E-state index is 0.604. The van der Waals surface area contributed by atoms with E-state index in [1.54, 1.807) is 0 Å². The van der Waals surface area contributed by atoms with Crippen molar-refractivity contribution >= 4 is 0 Å². The van der Waals surface area contributed by atoms with Gasteiger partial charge in [0.05, 0.1) is 5.54 Å². The Morgan fingerprint density at radius 3 is 2.33 bits per heavy atom. The Balaban J connectivity index is 2.31. The Morgan fingerprint density at radius 2 is 2.33 bits per heavy atom. The Labute approximate surface area is 36.1 Å². The Morgan fingerprint density at radius 1 is 1.83 bits per heavy atom. The average molecular weight is 82.1 g/mol. The summed E-state index contributed by atoms with van der Waals surface area (Å²) in [5, 5.41) is 2.31. The standard InChI is InChI=1S/C4H6N2/c1-3-2-4(3)5-6(3)4/h5H,2H2,1H3. The summed E-state index contributed by atoms with van der Waals surface area (Å²) in [6, 6.07) is 0. The summed E-state index contributed by atoms with van der Waals surface area (Å²) < 4.78 is 0. The largest absolute Gasteiger partial charge is 0.229 e. The normalized spacial score (nSPS) is 90.5. The molecule has 0 radical (unpaired) electrons. The molecule has 3 rings (SSSR count). The molecule has 3 aliphatic rings. The SMILES string of the molecule is CC12CC13NN23. The molecule has 0 amide bonds. The van der Waals surface area contributed by atoms with Crippen molar-refractivity contribution in [3.63, 3.8) is 0 Å². The molecule has 1 saturated carbocycles. The van der Waals surface area contributed by atoms with Crippen LogP contribution in [0.15, 0.2) is 0 Å². The Hall–Kier alpha value is -0.0800. The maximum Gasteiger partial charge on any atom is 0.120 e. The van der Waals surface area contributed by atoms with Gasteiger partial charge in [-0.3, -0.25) is 0 Å². The predicted molar refractivity (Wildman–Crippen MR) is 20.7 cm³/mol. The van der Waals surface area contributed by atoms with Gasteiger partial charge in [-0.15, -0.1) is 0 Å². The molecule has 3 atom stereocenters. The predicted octanol–water partition coefficient (Wildman–Crippen LogP) is -0.321. The van der Waals surface area contributed by atoms with Crippen LogP contribution in [0, 0.1) is 0 Å². The second kappa shape index (κ2) is 0.264. The van der Waals surface area contributed by atoms with Crippen LogP contribution in [-0.4, -0.2) is 16.2 Å². The molecule has 0 aromatic heterocycles. The van der Waals surface area contributed by atoms with Crippen molar-refractivity contribution in [3.8, 4) is 0 Å². The molecule has 1 N–H and O–H groups in total. The molecule has 2 heterocycles. The van der Waals surface area contributed by atoms with E-state index in [1.165, 1.54) is 6.42 Å². The van der Waals surface area contributed by atoms with Gasteiger partial charge in [0.2, 0.25) is 0 Å². The van der Waals surface area contributed by atoms with Gasteiger partial charge in [0.25, 0.3) is 0 Å². The van der Waals surface area contributed by atoms with E-state index >= 15 is 0 Å². The van der Waals surface area contributed by atoms with Crippen LogP contribution in [0.2, 0.25) is 0 Å². The zero-order chi connectivity index (χ0) is 3.99. The smallest absolute Gasteiger partial charge is 0.120 e. The molecule has 0 bridgehead atoms. The third-order valence-electron chi connectivity index (χ3n) is 2.44. The van der Waals surface area contributed by atoms with Gasteiger partial charge in [-0.05, 0) is 6.92 Å². The van der Waals surface area contributed by atoms with Gasteiger partial charge >= 0.3 is 0 Å². The minimum Gasteiger partial charge on any atom is -0.229 e. The lowest BCUT2D eigenvalue weighted by atomic mass is 10.4. The highest BCUT2D eigenvalue weighted by Gasteiger charge is 3.01. The van der Waals surface area contributed by atoms with Crippen molar-refractivity contribution in [1.82, 2.24) is 10.4 Å².